The lowest BCUT2D eigenvalue weighted by Crippen LogP contribution is -2.22. The van der Waals surface area contributed by atoms with Gasteiger partial charge in [-0.25, -0.2) is 4.39 Å². The minimum Gasteiger partial charge on any atom is -0.490 e. The van der Waals surface area contributed by atoms with Gasteiger partial charge < -0.3 is 9.47 Å². The summed E-state index contributed by atoms with van der Waals surface area (Å²) in [6.07, 6.45) is 0.856. The zero-order valence-electron chi connectivity index (χ0n) is 11.0. The summed E-state index contributed by atoms with van der Waals surface area (Å²) < 4.78 is 25.0. The van der Waals surface area contributed by atoms with Gasteiger partial charge in [0.2, 0.25) is 0 Å². The third-order valence-corrected chi connectivity index (χ3v) is 3.89. The maximum atomic E-state index is 13.1. The first-order valence-electron chi connectivity index (χ1n) is 6.46. The summed E-state index contributed by atoms with van der Waals surface area (Å²) in [4.78, 5) is 0. The summed E-state index contributed by atoms with van der Waals surface area (Å²) in [5.41, 5.74) is 2.45. The second-order valence-corrected chi connectivity index (χ2v) is 5.80. The predicted octanol–water partition coefficient (Wildman–Crippen LogP) is 4.28. The molecule has 104 valence electrons. The van der Waals surface area contributed by atoms with Crippen LogP contribution in [0.25, 0.3) is 0 Å². The van der Waals surface area contributed by atoms with Gasteiger partial charge in [-0.2, -0.15) is 0 Å². The minimum absolute atomic E-state index is 0.00984. The van der Waals surface area contributed by atoms with E-state index in [-0.39, 0.29) is 11.9 Å². The number of hydrogen-bond acceptors (Lipinski definition) is 2. The van der Waals surface area contributed by atoms with Crippen LogP contribution in [-0.2, 0) is 6.42 Å². The standard InChI is InChI=1S/C16H14BrFO2/c1-10-2-5-16-11(6-10)7-13(20-16)9-19-12-3-4-15(18)14(17)8-12/h2-6,8,13H,7,9H2,1H3. The second kappa shape index (κ2) is 5.44. The SMILES string of the molecule is Cc1ccc2c(c1)CC(COc1ccc(F)c(Br)c1)O2. The van der Waals surface area contributed by atoms with Crippen molar-refractivity contribution >= 4 is 15.9 Å². The Labute approximate surface area is 125 Å². The summed E-state index contributed by atoms with van der Waals surface area (Å²) in [6.45, 7) is 2.52. The molecule has 2 aromatic carbocycles. The van der Waals surface area contributed by atoms with Gasteiger partial charge in [0, 0.05) is 6.42 Å². The highest BCUT2D eigenvalue weighted by Crippen LogP contribution is 2.30. The summed E-state index contributed by atoms with van der Waals surface area (Å²) in [5, 5.41) is 0. The first kappa shape index (κ1) is 13.4. The van der Waals surface area contributed by atoms with E-state index in [9.17, 15) is 4.39 Å². The Morgan fingerprint density at radius 2 is 2.15 bits per heavy atom. The number of aryl methyl sites for hydroxylation is 1. The smallest absolute Gasteiger partial charge is 0.137 e. The lowest BCUT2D eigenvalue weighted by Gasteiger charge is -2.12. The largest absolute Gasteiger partial charge is 0.490 e. The molecule has 0 bridgehead atoms. The van der Waals surface area contributed by atoms with E-state index in [4.69, 9.17) is 9.47 Å². The number of benzene rings is 2. The van der Waals surface area contributed by atoms with Crippen LogP contribution in [0.5, 0.6) is 11.5 Å². The Balaban J connectivity index is 1.62. The van der Waals surface area contributed by atoms with E-state index in [1.54, 1.807) is 12.1 Å². The van der Waals surface area contributed by atoms with Crippen molar-refractivity contribution in [2.24, 2.45) is 0 Å². The van der Waals surface area contributed by atoms with Gasteiger partial charge in [-0.05, 0) is 52.7 Å². The zero-order chi connectivity index (χ0) is 14.1. The molecule has 1 unspecified atom stereocenters. The van der Waals surface area contributed by atoms with Crippen molar-refractivity contribution in [3.8, 4) is 11.5 Å². The molecule has 0 saturated heterocycles. The highest BCUT2D eigenvalue weighted by Gasteiger charge is 2.23. The van der Waals surface area contributed by atoms with E-state index < -0.39 is 0 Å². The third-order valence-electron chi connectivity index (χ3n) is 3.28. The molecule has 1 aliphatic rings. The van der Waals surface area contributed by atoms with Crippen molar-refractivity contribution in [3.63, 3.8) is 0 Å². The van der Waals surface area contributed by atoms with Crippen LogP contribution in [0.15, 0.2) is 40.9 Å². The average molecular weight is 337 g/mol. The van der Waals surface area contributed by atoms with Crippen molar-refractivity contribution in [1.29, 1.82) is 0 Å². The van der Waals surface area contributed by atoms with Gasteiger partial charge in [-0.1, -0.05) is 17.7 Å². The van der Waals surface area contributed by atoms with Gasteiger partial charge in [0.05, 0.1) is 4.47 Å². The molecule has 1 aliphatic heterocycles. The normalized spacial score (nSPS) is 16.6. The van der Waals surface area contributed by atoms with Gasteiger partial charge in [-0.15, -0.1) is 0 Å². The molecule has 1 atom stereocenters. The fraction of sp³-hybridized carbons (Fsp3) is 0.250. The van der Waals surface area contributed by atoms with Crippen LogP contribution in [0.1, 0.15) is 11.1 Å². The number of halogens is 2. The maximum absolute atomic E-state index is 13.1. The summed E-state index contributed by atoms with van der Waals surface area (Å²) >= 11 is 3.14. The molecule has 0 fully saturated rings. The van der Waals surface area contributed by atoms with Crippen LogP contribution in [-0.4, -0.2) is 12.7 Å². The Hall–Kier alpha value is -1.55. The minimum atomic E-state index is -0.294. The van der Waals surface area contributed by atoms with Gasteiger partial charge in [0.15, 0.2) is 0 Å². The van der Waals surface area contributed by atoms with Gasteiger partial charge >= 0.3 is 0 Å². The number of fused-ring (bicyclic) bond motifs is 1. The van der Waals surface area contributed by atoms with Crippen molar-refractivity contribution in [2.45, 2.75) is 19.4 Å². The molecule has 1 heterocycles. The summed E-state index contributed by atoms with van der Waals surface area (Å²) in [7, 11) is 0. The Kier molecular flexibility index (Phi) is 3.66. The Morgan fingerprint density at radius 3 is 2.95 bits per heavy atom. The lowest BCUT2D eigenvalue weighted by atomic mass is 10.1. The molecule has 2 nitrogen and oxygen atoms in total. The molecule has 0 aliphatic carbocycles. The van der Waals surface area contributed by atoms with Crippen molar-refractivity contribution in [1.82, 2.24) is 0 Å². The van der Waals surface area contributed by atoms with E-state index in [0.717, 1.165) is 12.2 Å². The number of rotatable bonds is 3. The second-order valence-electron chi connectivity index (χ2n) is 4.94. The number of ether oxygens (including phenoxy) is 2. The lowest BCUT2D eigenvalue weighted by molar-refractivity contribution is 0.148. The van der Waals surface area contributed by atoms with Gasteiger partial charge in [0.25, 0.3) is 0 Å². The molecular formula is C16H14BrFO2. The van der Waals surface area contributed by atoms with Crippen LogP contribution >= 0.6 is 15.9 Å². The first-order chi connectivity index (χ1) is 9.61. The third kappa shape index (κ3) is 2.80. The van der Waals surface area contributed by atoms with E-state index in [1.807, 2.05) is 12.1 Å². The highest BCUT2D eigenvalue weighted by molar-refractivity contribution is 9.10. The van der Waals surface area contributed by atoms with Crippen LogP contribution in [0.2, 0.25) is 0 Å². The zero-order valence-corrected chi connectivity index (χ0v) is 12.6. The van der Waals surface area contributed by atoms with E-state index in [0.29, 0.717) is 16.8 Å². The summed E-state index contributed by atoms with van der Waals surface area (Å²) in [6, 6.07) is 10.8. The molecular weight excluding hydrogens is 323 g/mol. The van der Waals surface area contributed by atoms with Crippen LogP contribution < -0.4 is 9.47 Å². The maximum Gasteiger partial charge on any atom is 0.137 e. The van der Waals surface area contributed by atoms with Crippen molar-refractivity contribution in [2.75, 3.05) is 6.61 Å². The fourth-order valence-electron chi connectivity index (χ4n) is 2.30. The average Bonchev–Trinajstić information content (AvgIpc) is 2.82. The highest BCUT2D eigenvalue weighted by atomic mass is 79.9. The van der Waals surface area contributed by atoms with Crippen LogP contribution in [0, 0.1) is 12.7 Å². The van der Waals surface area contributed by atoms with E-state index in [1.165, 1.54) is 17.2 Å². The Morgan fingerprint density at radius 1 is 1.30 bits per heavy atom. The van der Waals surface area contributed by atoms with Crippen LogP contribution in [0.3, 0.4) is 0 Å². The fourth-order valence-corrected chi connectivity index (χ4v) is 2.66. The molecule has 0 saturated carbocycles. The van der Waals surface area contributed by atoms with Gasteiger partial charge in [-0.3, -0.25) is 0 Å². The molecule has 20 heavy (non-hydrogen) atoms. The molecule has 0 amide bonds. The molecule has 0 spiro atoms. The molecule has 0 radical (unpaired) electrons. The Bertz CT molecular complexity index is 642. The van der Waals surface area contributed by atoms with Crippen molar-refractivity contribution in [3.05, 3.63) is 57.8 Å². The van der Waals surface area contributed by atoms with Gasteiger partial charge in [0.1, 0.15) is 30.0 Å². The predicted molar refractivity (Wildman–Crippen MR) is 78.9 cm³/mol. The molecule has 2 aromatic rings. The molecule has 0 aromatic heterocycles. The van der Waals surface area contributed by atoms with E-state index in [2.05, 4.69) is 28.9 Å². The number of hydrogen-bond donors (Lipinski definition) is 0. The topological polar surface area (TPSA) is 18.5 Å². The summed E-state index contributed by atoms with van der Waals surface area (Å²) in [5.74, 6) is 1.27. The quantitative estimate of drug-likeness (QED) is 0.832. The molecule has 3 rings (SSSR count). The van der Waals surface area contributed by atoms with Crippen LogP contribution in [0.4, 0.5) is 4.39 Å². The van der Waals surface area contributed by atoms with E-state index >= 15 is 0 Å². The molecule has 4 heteroatoms. The molecule has 0 N–H and O–H groups in total. The monoisotopic (exact) mass is 336 g/mol. The first-order valence-corrected chi connectivity index (χ1v) is 7.25. The van der Waals surface area contributed by atoms with Crippen molar-refractivity contribution < 1.29 is 13.9 Å².